The van der Waals surface area contributed by atoms with Gasteiger partial charge in [-0.15, -0.1) is 11.3 Å². The Labute approximate surface area is 127 Å². The van der Waals surface area contributed by atoms with Crippen molar-refractivity contribution >= 4 is 22.5 Å². The SMILES string of the molecule is CCc1cnc(NC(=O)N[C@H]2c3ccccc3C[C@@H]2O)s1. The van der Waals surface area contributed by atoms with Gasteiger partial charge in [0.2, 0.25) is 0 Å². The third-order valence-electron chi connectivity index (χ3n) is 3.61. The number of aryl methyl sites for hydroxylation is 1. The Morgan fingerprint density at radius 2 is 2.29 bits per heavy atom. The molecular weight excluding hydrogens is 286 g/mol. The maximum absolute atomic E-state index is 12.1. The third kappa shape index (κ3) is 2.91. The molecule has 2 atom stereocenters. The van der Waals surface area contributed by atoms with Gasteiger partial charge in [0, 0.05) is 17.5 Å². The molecule has 2 aromatic rings. The summed E-state index contributed by atoms with van der Waals surface area (Å²) in [5, 5.41) is 16.2. The predicted octanol–water partition coefficient (Wildman–Crippen LogP) is 2.49. The molecule has 3 N–H and O–H groups in total. The molecule has 1 heterocycles. The van der Waals surface area contributed by atoms with E-state index >= 15 is 0 Å². The molecule has 6 heteroatoms. The van der Waals surface area contributed by atoms with E-state index in [0.717, 1.165) is 22.4 Å². The maximum atomic E-state index is 12.1. The number of nitrogens with one attached hydrogen (secondary N) is 2. The highest BCUT2D eigenvalue weighted by Gasteiger charge is 2.31. The number of anilines is 1. The number of hydrogen-bond donors (Lipinski definition) is 3. The Morgan fingerprint density at radius 1 is 1.48 bits per heavy atom. The molecular formula is C15H17N3O2S. The van der Waals surface area contributed by atoms with Gasteiger partial charge < -0.3 is 10.4 Å². The predicted molar refractivity (Wildman–Crippen MR) is 82.5 cm³/mol. The van der Waals surface area contributed by atoms with E-state index in [1.165, 1.54) is 11.3 Å². The van der Waals surface area contributed by atoms with Crippen LogP contribution in [0.3, 0.4) is 0 Å². The van der Waals surface area contributed by atoms with Crippen molar-refractivity contribution in [2.45, 2.75) is 31.9 Å². The van der Waals surface area contributed by atoms with Gasteiger partial charge in [-0.05, 0) is 17.5 Å². The Hall–Kier alpha value is -1.92. The molecule has 0 bridgehead atoms. The van der Waals surface area contributed by atoms with Crippen molar-refractivity contribution in [1.82, 2.24) is 10.3 Å². The van der Waals surface area contributed by atoms with Crippen LogP contribution in [0.2, 0.25) is 0 Å². The standard InChI is InChI=1S/C15H17N3O2S/c1-2-10-8-16-15(21-10)18-14(20)17-13-11-6-4-3-5-9(11)7-12(13)19/h3-6,8,12-13,19H,2,7H2,1H3,(H2,16,17,18,20)/t12-,13-/m0/s1. The van der Waals surface area contributed by atoms with Crippen LogP contribution >= 0.6 is 11.3 Å². The van der Waals surface area contributed by atoms with E-state index in [0.29, 0.717) is 11.6 Å². The number of carbonyl (C=O) groups is 1. The molecule has 0 saturated carbocycles. The lowest BCUT2D eigenvalue weighted by molar-refractivity contribution is 0.144. The average Bonchev–Trinajstić information content (AvgIpc) is 3.04. The normalized spacial score (nSPS) is 20.1. The number of carbonyl (C=O) groups excluding carboxylic acids is 1. The first kappa shape index (κ1) is 14.0. The first-order valence-corrected chi connectivity index (χ1v) is 7.77. The summed E-state index contributed by atoms with van der Waals surface area (Å²) in [6.45, 7) is 2.04. The summed E-state index contributed by atoms with van der Waals surface area (Å²) >= 11 is 1.46. The average molecular weight is 303 g/mol. The van der Waals surface area contributed by atoms with Gasteiger partial charge in [-0.2, -0.15) is 0 Å². The second-order valence-corrected chi connectivity index (χ2v) is 6.15. The fraction of sp³-hybridized carbons (Fsp3) is 0.333. The Bertz CT molecular complexity index is 656. The number of nitrogens with zero attached hydrogens (tertiary/aromatic N) is 1. The molecule has 0 radical (unpaired) electrons. The van der Waals surface area contributed by atoms with Crippen LogP contribution in [0.1, 0.15) is 29.0 Å². The summed E-state index contributed by atoms with van der Waals surface area (Å²) in [4.78, 5) is 17.3. The number of hydrogen-bond acceptors (Lipinski definition) is 4. The van der Waals surface area contributed by atoms with E-state index in [2.05, 4.69) is 15.6 Å². The first-order valence-electron chi connectivity index (χ1n) is 6.95. The Kier molecular flexibility index (Phi) is 3.90. The molecule has 0 aliphatic heterocycles. The highest BCUT2D eigenvalue weighted by Crippen LogP contribution is 2.31. The molecule has 0 saturated heterocycles. The van der Waals surface area contributed by atoms with E-state index < -0.39 is 6.10 Å². The summed E-state index contributed by atoms with van der Waals surface area (Å²) < 4.78 is 0. The number of rotatable bonds is 3. The van der Waals surface area contributed by atoms with Crippen LogP contribution in [0.5, 0.6) is 0 Å². The van der Waals surface area contributed by atoms with E-state index in [1.807, 2.05) is 31.2 Å². The molecule has 1 aromatic heterocycles. The van der Waals surface area contributed by atoms with Gasteiger partial charge in [0.1, 0.15) is 0 Å². The topological polar surface area (TPSA) is 74.2 Å². The minimum absolute atomic E-state index is 0.340. The van der Waals surface area contributed by atoms with Crippen LogP contribution < -0.4 is 10.6 Å². The van der Waals surface area contributed by atoms with Gasteiger partial charge >= 0.3 is 6.03 Å². The minimum atomic E-state index is -0.587. The molecule has 0 fully saturated rings. The van der Waals surface area contributed by atoms with Gasteiger partial charge in [-0.1, -0.05) is 31.2 Å². The summed E-state index contributed by atoms with van der Waals surface area (Å²) in [7, 11) is 0. The molecule has 5 nitrogen and oxygen atoms in total. The van der Waals surface area contributed by atoms with Crippen LogP contribution in [0.4, 0.5) is 9.93 Å². The molecule has 0 spiro atoms. The van der Waals surface area contributed by atoms with Crippen LogP contribution in [0.25, 0.3) is 0 Å². The molecule has 2 amide bonds. The molecule has 110 valence electrons. The maximum Gasteiger partial charge on any atom is 0.321 e. The number of thiazole rings is 1. The number of urea groups is 1. The van der Waals surface area contributed by atoms with Crippen LogP contribution in [0, 0.1) is 0 Å². The number of aliphatic hydroxyl groups is 1. The quantitative estimate of drug-likeness (QED) is 0.815. The van der Waals surface area contributed by atoms with E-state index in [1.54, 1.807) is 6.20 Å². The van der Waals surface area contributed by atoms with Crippen LogP contribution in [0.15, 0.2) is 30.5 Å². The molecule has 3 rings (SSSR count). The number of aromatic nitrogens is 1. The summed E-state index contributed by atoms with van der Waals surface area (Å²) in [5.41, 5.74) is 2.06. The smallest absolute Gasteiger partial charge is 0.321 e. The zero-order valence-corrected chi connectivity index (χ0v) is 12.5. The fourth-order valence-corrected chi connectivity index (χ4v) is 3.30. The number of aliphatic hydroxyl groups excluding tert-OH is 1. The van der Waals surface area contributed by atoms with Crippen molar-refractivity contribution in [3.8, 4) is 0 Å². The van der Waals surface area contributed by atoms with Gasteiger partial charge in [-0.3, -0.25) is 5.32 Å². The van der Waals surface area contributed by atoms with Crippen molar-refractivity contribution in [2.75, 3.05) is 5.32 Å². The van der Waals surface area contributed by atoms with Gasteiger partial charge in [-0.25, -0.2) is 9.78 Å². The van der Waals surface area contributed by atoms with Crippen molar-refractivity contribution < 1.29 is 9.90 Å². The van der Waals surface area contributed by atoms with Crippen molar-refractivity contribution in [3.63, 3.8) is 0 Å². The van der Waals surface area contributed by atoms with Crippen molar-refractivity contribution in [2.24, 2.45) is 0 Å². The van der Waals surface area contributed by atoms with Gasteiger partial charge in [0.25, 0.3) is 0 Å². The molecule has 21 heavy (non-hydrogen) atoms. The van der Waals surface area contributed by atoms with Crippen molar-refractivity contribution in [3.05, 3.63) is 46.5 Å². The molecule has 1 aromatic carbocycles. The number of fused-ring (bicyclic) bond motifs is 1. The Morgan fingerprint density at radius 3 is 3.05 bits per heavy atom. The van der Waals surface area contributed by atoms with E-state index in [4.69, 9.17) is 0 Å². The van der Waals surface area contributed by atoms with Gasteiger partial charge in [0.15, 0.2) is 5.13 Å². The fourth-order valence-electron chi connectivity index (χ4n) is 2.55. The minimum Gasteiger partial charge on any atom is -0.390 e. The second kappa shape index (κ2) is 5.83. The monoisotopic (exact) mass is 303 g/mol. The van der Waals surface area contributed by atoms with Gasteiger partial charge in [0.05, 0.1) is 12.1 Å². The van der Waals surface area contributed by atoms with Crippen molar-refractivity contribution in [1.29, 1.82) is 0 Å². The second-order valence-electron chi connectivity index (χ2n) is 5.03. The van der Waals surface area contributed by atoms with E-state index in [-0.39, 0.29) is 12.1 Å². The number of amides is 2. The summed E-state index contributed by atoms with van der Waals surface area (Å²) in [6, 6.07) is 7.06. The van der Waals surface area contributed by atoms with Crippen LogP contribution in [-0.2, 0) is 12.8 Å². The molecule has 1 aliphatic carbocycles. The highest BCUT2D eigenvalue weighted by atomic mass is 32.1. The summed E-state index contributed by atoms with van der Waals surface area (Å²) in [6.07, 6.45) is 2.64. The zero-order valence-electron chi connectivity index (χ0n) is 11.7. The lowest BCUT2D eigenvalue weighted by Crippen LogP contribution is -2.36. The van der Waals surface area contributed by atoms with E-state index in [9.17, 15) is 9.90 Å². The summed E-state index contributed by atoms with van der Waals surface area (Å²) in [5.74, 6) is 0. The van der Waals surface area contributed by atoms with Crippen LogP contribution in [-0.4, -0.2) is 22.2 Å². The highest BCUT2D eigenvalue weighted by molar-refractivity contribution is 7.15. The molecule has 1 aliphatic rings. The third-order valence-corrected chi connectivity index (χ3v) is 4.67. The lowest BCUT2D eigenvalue weighted by Gasteiger charge is -2.17. The zero-order chi connectivity index (χ0) is 14.8. The first-order chi connectivity index (χ1) is 10.2. The Balaban J connectivity index is 1.67. The number of benzene rings is 1. The lowest BCUT2D eigenvalue weighted by atomic mass is 10.1. The largest absolute Gasteiger partial charge is 0.390 e. The molecule has 0 unspecified atom stereocenters.